The highest BCUT2D eigenvalue weighted by molar-refractivity contribution is 5.85. The number of carbonyl (C=O) groups excluding carboxylic acids is 1. The molecule has 2 unspecified atom stereocenters. The summed E-state index contributed by atoms with van der Waals surface area (Å²) in [6, 6.07) is 0.355. The number of halogens is 2. The number of amides is 1. The van der Waals surface area contributed by atoms with Gasteiger partial charge in [0.15, 0.2) is 0 Å². The number of piperidine rings is 1. The molecule has 1 saturated carbocycles. The zero-order valence-corrected chi connectivity index (χ0v) is 15.6. The monoisotopic (exact) mass is 353 g/mol. The van der Waals surface area contributed by atoms with Gasteiger partial charge in [0.1, 0.15) is 0 Å². The highest BCUT2D eigenvalue weighted by atomic mass is 35.5. The van der Waals surface area contributed by atoms with E-state index in [2.05, 4.69) is 17.1 Å². The van der Waals surface area contributed by atoms with Gasteiger partial charge in [-0.1, -0.05) is 19.8 Å². The average Bonchev–Trinajstić information content (AvgIpc) is 2.40. The number of likely N-dealkylation sites (tertiary alicyclic amines) is 1. The first-order valence-corrected chi connectivity index (χ1v) is 8.34. The maximum atomic E-state index is 12.5. The first kappa shape index (κ1) is 22.0. The van der Waals surface area contributed by atoms with Gasteiger partial charge >= 0.3 is 0 Å². The van der Waals surface area contributed by atoms with Gasteiger partial charge in [-0.05, 0) is 45.6 Å². The lowest BCUT2D eigenvalue weighted by molar-refractivity contribution is -0.129. The Bertz CT molecular complexity index is 331. The van der Waals surface area contributed by atoms with Crippen LogP contribution in [-0.4, -0.2) is 42.0 Å². The third kappa shape index (κ3) is 5.88. The minimum Gasteiger partial charge on any atom is -0.353 e. The Morgan fingerprint density at radius 1 is 1.23 bits per heavy atom. The minimum absolute atomic E-state index is 0. The molecular weight excluding hydrogens is 321 g/mol. The molecule has 0 aromatic carbocycles. The molecule has 0 aromatic rings. The minimum atomic E-state index is -0.314. The van der Waals surface area contributed by atoms with Crippen molar-refractivity contribution in [3.05, 3.63) is 0 Å². The van der Waals surface area contributed by atoms with Crippen LogP contribution in [0.5, 0.6) is 0 Å². The quantitative estimate of drug-likeness (QED) is 0.816. The standard InChI is InChI=1S/C16H31N3O.2ClH/c1-3-10-19-11-7-13(8-12-19)18-15(20)14-6-4-5-9-16(14,2)17;;/h13-14H,3-12,17H2,1-2H3,(H,18,20);2*1H. The van der Waals surface area contributed by atoms with Gasteiger partial charge in [0.2, 0.25) is 5.91 Å². The number of nitrogens with zero attached hydrogens (tertiary/aromatic N) is 1. The zero-order valence-electron chi connectivity index (χ0n) is 14.0. The summed E-state index contributed by atoms with van der Waals surface area (Å²) in [6.45, 7) is 7.68. The molecule has 3 N–H and O–H groups in total. The lowest BCUT2D eigenvalue weighted by Crippen LogP contribution is -2.55. The highest BCUT2D eigenvalue weighted by Gasteiger charge is 2.38. The SMILES string of the molecule is CCCN1CCC(NC(=O)C2CCCCC2(C)N)CC1.Cl.Cl. The molecule has 1 aliphatic carbocycles. The third-order valence-electron chi connectivity index (χ3n) is 5.04. The normalized spacial score (nSPS) is 30.0. The van der Waals surface area contributed by atoms with Crippen LogP contribution in [0.15, 0.2) is 0 Å². The van der Waals surface area contributed by atoms with Crippen LogP contribution < -0.4 is 11.1 Å². The zero-order chi connectivity index (χ0) is 14.6. The fraction of sp³-hybridized carbons (Fsp3) is 0.938. The molecule has 2 fully saturated rings. The average molecular weight is 354 g/mol. The summed E-state index contributed by atoms with van der Waals surface area (Å²) in [6.07, 6.45) is 7.60. The Labute approximate surface area is 147 Å². The first-order valence-electron chi connectivity index (χ1n) is 8.34. The van der Waals surface area contributed by atoms with Gasteiger partial charge in [0, 0.05) is 24.7 Å². The van der Waals surface area contributed by atoms with Crippen molar-refractivity contribution in [2.45, 2.75) is 70.4 Å². The molecule has 0 radical (unpaired) electrons. The molecule has 4 nitrogen and oxygen atoms in total. The topological polar surface area (TPSA) is 58.4 Å². The van der Waals surface area contributed by atoms with E-state index in [1.54, 1.807) is 0 Å². The van der Waals surface area contributed by atoms with Crippen molar-refractivity contribution in [2.75, 3.05) is 19.6 Å². The Hall–Kier alpha value is -0.0300. The van der Waals surface area contributed by atoms with Gasteiger partial charge in [-0.3, -0.25) is 4.79 Å². The van der Waals surface area contributed by atoms with Crippen molar-refractivity contribution in [2.24, 2.45) is 11.7 Å². The second kappa shape index (κ2) is 9.96. The molecule has 0 spiro atoms. The molecule has 0 bridgehead atoms. The van der Waals surface area contributed by atoms with Gasteiger partial charge < -0.3 is 16.0 Å². The van der Waals surface area contributed by atoms with Crippen molar-refractivity contribution >= 4 is 30.7 Å². The van der Waals surface area contributed by atoms with Crippen LogP contribution >= 0.6 is 24.8 Å². The summed E-state index contributed by atoms with van der Waals surface area (Å²) in [4.78, 5) is 15.0. The molecule has 6 heteroatoms. The van der Waals surface area contributed by atoms with Gasteiger partial charge in [-0.2, -0.15) is 0 Å². The Balaban J connectivity index is 0.00000220. The number of carbonyl (C=O) groups is 1. The van der Waals surface area contributed by atoms with Crippen LogP contribution in [0, 0.1) is 5.92 Å². The largest absolute Gasteiger partial charge is 0.353 e. The third-order valence-corrected chi connectivity index (χ3v) is 5.04. The van der Waals surface area contributed by atoms with E-state index in [4.69, 9.17) is 5.73 Å². The predicted octanol–water partition coefficient (Wildman–Crippen LogP) is 2.73. The maximum absolute atomic E-state index is 12.5. The second-order valence-corrected chi connectivity index (χ2v) is 6.93. The number of nitrogens with one attached hydrogen (secondary N) is 1. The molecule has 2 atom stereocenters. The van der Waals surface area contributed by atoms with Crippen molar-refractivity contribution in [1.82, 2.24) is 10.2 Å². The van der Waals surface area contributed by atoms with E-state index < -0.39 is 0 Å². The van der Waals surface area contributed by atoms with Gasteiger partial charge in [-0.25, -0.2) is 0 Å². The van der Waals surface area contributed by atoms with E-state index in [0.717, 1.165) is 51.6 Å². The fourth-order valence-electron chi connectivity index (χ4n) is 3.71. The molecule has 1 aliphatic heterocycles. The van der Waals surface area contributed by atoms with Crippen molar-refractivity contribution < 1.29 is 4.79 Å². The number of hydrogen-bond donors (Lipinski definition) is 2. The summed E-state index contributed by atoms with van der Waals surface area (Å²) in [5.41, 5.74) is 6.01. The lowest BCUT2D eigenvalue weighted by Gasteiger charge is -2.39. The summed E-state index contributed by atoms with van der Waals surface area (Å²) < 4.78 is 0. The molecule has 1 saturated heterocycles. The molecule has 22 heavy (non-hydrogen) atoms. The molecule has 1 amide bonds. The molecule has 2 aliphatic rings. The van der Waals surface area contributed by atoms with Gasteiger partial charge in [0.25, 0.3) is 0 Å². The number of rotatable bonds is 4. The van der Waals surface area contributed by atoms with Crippen molar-refractivity contribution in [1.29, 1.82) is 0 Å². The summed E-state index contributed by atoms with van der Waals surface area (Å²) in [7, 11) is 0. The van der Waals surface area contributed by atoms with Crippen LogP contribution in [0.25, 0.3) is 0 Å². The van der Waals surface area contributed by atoms with E-state index >= 15 is 0 Å². The van der Waals surface area contributed by atoms with Gasteiger partial charge in [0.05, 0.1) is 5.92 Å². The summed E-state index contributed by atoms with van der Waals surface area (Å²) >= 11 is 0. The van der Waals surface area contributed by atoms with E-state index in [-0.39, 0.29) is 42.2 Å². The van der Waals surface area contributed by atoms with E-state index in [9.17, 15) is 4.79 Å². The number of hydrogen-bond acceptors (Lipinski definition) is 3. The highest BCUT2D eigenvalue weighted by Crippen LogP contribution is 2.31. The maximum Gasteiger partial charge on any atom is 0.225 e. The van der Waals surface area contributed by atoms with Crippen molar-refractivity contribution in [3.8, 4) is 0 Å². The van der Waals surface area contributed by atoms with Crippen LogP contribution in [0.2, 0.25) is 0 Å². The predicted molar refractivity (Wildman–Crippen MR) is 96.9 cm³/mol. The lowest BCUT2D eigenvalue weighted by atomic mass is 9.74. The van der Waals surface area contributed by atoms with Crippen molar-refractivity contribution in [3.63, 3.8) is 0 Å². The summed E-state index contributed by atoms with van der Waals surface area (Å²) in [5.74, 6) is 0.202. The van der Waals surface area contributed by atoms with E-state index in [1.165, 1.54) is 13.0 Å². The number of nitrogens with two attached hydrogens (primary N) is 1. The molecule has 1 heterocycles. The summed E-state index contributed by atoms with van der Waals surface area (Å²) in [5, 5.41) is 3.26. The molecule has 0 aromatic heterocycles. The molecular formula is C16H33Cl2N3O. The molecule has 2 rings (SSSR count). The van der Waals surface area contributed by atoms with Crippen LogP contribution in [-0.2, 0) is 4.79 Å². The van der Waals surface area contributed by atoms with Crippen LogP contribution in [0.1, 0.15) is 58.8 Å². The second-order valence-electron chi connectivity index (χ2n) is 6.93. The Kier molecular flexibility index (Phi) is 9.95. The van der Waals surface area contributed by atoms with E-state index in [1.807, 2.05) is 6.92 Å². The van der Waals surface area contributed by atoms with Gasteiger partial charge in [-0.15, -0.1) is 24.8 Å². The van der Waals surface area contributed by atoms with Crippen LogP contribution in [0.3, 0.4) is 0 Å². The fourth-order valence-corrected chi connectivity index (χ4v) is 3.71. The Morgan fingerprint density at radius 2 is 1.86 bits per heavy atom. The first-order chi connectivity index (χ1) is 9.53. The van der Waals surface area contributed by atoms with E-state index in [0.29, 0.717) is 6.04 Å². The smallest absolute Gasteiger partial charge is 0.225 e. The molecule has 132 valence electrons. The Morgan fingerprint density at radius 3 is 2.41 bits per heavy atom. The van der Waals surface area contributed by atoms with Crippen LogP contribution in [0.4, 0.5) is 0 Å².